The maximum absolute atomic E-state index is 12.2. The lowest BCUT2D eigenvalue weighted by Gasteiger charge is -2.20. The van der Waals surface area contributed by atoms with E-state index in [1.807, 2.05) is 43.0 Å². The number of carbonyl (C=O) groups excluding carboxylic acids is 1. The van der Waals surface area contributed by atoms with E-state index in [1.165, 1.54) is 0 Å². The molecule has 0 aliphatic carbocycles. The summed E-state index contributed by atoms with van der Waals surface area (Å²) in [6.07, 6.45) is 0. The van der Waals surface area contributed by atoms with Gasteiger partial charge in [0.05, 0.1) is 22.3 Å². The fourth-order valence-electron chi connectivity index (χ4n) is 3.01. The molecule has 30 heavy (non-hydrogen) atoms. The topological polar surface area (TPSA) is 60.3 Å². The van der Waals surface area contributed by atoms with Gasteiger partial charge in [0.2, 0.25) is 5.91 Å². The summed E-state index contributed by atoms with van der Waals surface area (Å²) in [4.78, 5) is 16.5. The predicted molar refractivity (Wildman–Crippen MR) is 127 cm³/mol. The number of likely N-dealkylation sites (N-methyl/N-ethyl adjacent to an activating group) is 1. The number of anilines is 2. The second kappa shape index (κ2) is 11.9. The third kappa shape index (κ3) is 6.69. The van der Waals surface area contributed by atoms with Crippen LogP contribution in [0.3, 0.4) is 0 Å². The number of halogens is 2. The standard InChI is InChI=1S/C22H29Cl2N5O/c1-5-28(6-2)15-21(30)25-17-13-19(23)22(20(24)14-17)27-26-16-9-11-18(12-10-16)29(7-3)8-4/h9-14H,5-8,15H2,1-4H3,(H,25,30). The van der Waals surface area contributed by atoms with E-state index in [2.05, 4.69) is 34.3 Å². The molecule has 0 radical (unpaired) electrons. The minimum Gasteiger partial charge on any atom is -0.372 e. The van der Waals surface area contributed by atoms with Gasteiger partial charge >= 0.3 is 0 Å². The molecule has 0 saturated carbocycles. The van der Waals surface area contributed by atoms with E-state index in [0.29, 0.717) is 33.7 Å². The van der Waals surface area contributed by atoms with Crippen LogP contribution < -0.4 is 10.2 Å². The molecule has 0 aromatic heterocycles. The average Bonchev–Trinajstić information content (AvgIpc) is 2.73. The van der Waals surface area contributed by atoms with Crippen LogP contribution in [0.25, 0.3) is 0 Å². The highest BCUT2D eigenvalue weighted by molar-refractivity contribution is 6.39. The van der Waals surface area contributed by atoms with Crippen molar-refractivity contribution >= 4 is 51.9 Å². The number of hydrogen-bond donors (Lipinski definition) is 1. The molecule has 2 aromatic carbocycles. The average molecular weight is 450 g/mol. The molecule has 1 N–H and O–H groups in total. The highest BCUT2D eigenvalue weighted by Crippen LogP contribution is 2.37. The van der Waals surface area contributed by atoms with Gasteiger partial charge in [0.15, 0.2) is 0 Å². The van der Waals surface area contributed by atoms with Gasteiger partial charge in [0.25, 0.3) is 0 Å². The monoisotopic (exact) mass is 449 g/mol. The Kier molecular flexibility index (Phi) is 9.56. The Labute approximate surface area is 188 Å². The van der Waals surface area contributed by atoms with Crippen LogP contribution >= 0.6 is 23.2 Å². The van der Waals surface area contributed by atoms with Crippen molar-refractivity contribution in [1.82, 2.24) is 4.90 Å². The number of rotatable bonds is 10. The predicted octanol–water partition coefficient (Wildman–Crippen LogP) is 6.54. The summed E-state index contributed by atoms with van der Waals surface area (Å²) < 4.78 is 0. The van der Waals surface area contributed by atoms with Gasteiger partial charge in [-0.1, -0.05) is 37.0 Å². The lowest BCUT2D eigenvalue weighted by molar-refractivity contribution is -0.117. The van der Waals surface area contributed by atoms with Gasteiger partial charge in [-0.3, -0.25) is 9.69 Å². The van der Waals surface area contributed by atoms with E-state index in [9.17, 15) is 4.79 Å². The van der Waals surface area contributed by atoms with Crippen molar-refractivity contribution in [3.8, 4) is 0 Å². The minimum absolute atomic E-state index is 0.117. The quantitative estimate of drug-likeness (QED) is 0.419. The SMILES string of the molecule is CCN(CC)CC(=O)Nc1cc(Cl)c(N=Nc2ccc(N(CC)CC)cc2)c(Cl)c1. The van der Waals surface area contributed by atoms with Gasteiger partial charge in [-0.05, 0) is 63.3 Å². The maximum atomic E-state index is 12.2. The summed E-state index contributed by atoms with van der Waals surface area (Å²) in [6.45, 7) is 12.1. The Morgan fingerprint density at radius 3 is 1.97 bits per heavy atom. The molecule has 2 aromatic rings. The Balaban J connectivity index is 2.11. The molecule has 162 valence electrons. The Hall–Kier alpha value is -2.15. The molecule has 0 fully saturated rings. The smallest absolute Gasteiger partial charge is 0.238 e. The number of hydrogen-bond acceptors (Lipinski definition) is 5. The van der Waals surface area contributed by atoms with Crippen molar-refractivity contribution < 1.29 is 4.79 Å². The number of carbonyl (C=O) groups is 1. The van der Waals surface area contributed by atoms with Crippen LogP contribution in [0.5, 0.6) is 0 Å². The highest BCUT2D eigenvalue weighted by atomic mass is 35.5. The first kappa shape index (κ1) is 24.1. The van der Waals surface area contributed by atoms with Gasteiger partial charge < -0.3 is 10.2 Å². The zero-order valence-corrected chi connectivity index (χ0v) is 19.5. The van der Waals surface area contributed by atoms with Crippen LogP contribution in [0.4, 0.5) is 22.7 Å². The Morgan fingerprint density at radius 1 is 0.900 bits per heavy atom. The molecule has 2 rings (SSSR count). The first-order chi connectivity index (χ1) is 14.4. The third-order valence-electron chi connectivity index (χ3n) is 4.81. The summed E-state index contributed by atoms with van der Waals surface area (Å²) in [5, 5.41) is 11.9. The summed E-state index contributed by atoms with van der Waals surface area (Å²) in [6, 6.07) is 11.1. The van der Waals surface area contributed by atoms with Crippen LogP contribution in [0.2, 0.25) is 10.0 Å². The zero-order valence-electron chi connectivity index (χ0n) is 18.0. The van der Waals surface area contributed by atoms with Crippen molar-refractivity contribution in [3.63, 3.8) is 0 Å². The molecule has 1 amide bonds. The van der Waals surface area contributed by atoms with Crippen LogP contribution in [0.1, 0.15) is 27.7 Å². The van der Waals surface area contributed by atoms with E-state index in [4.69, 9.17) is 23.2 Å². The van der Waals surface area contributed by atoms with Crippen molar-refractivity contribution in [1.29, 1.82) is 0 Å². The second-order valence-electron chi connectivity index (χ2n) is 6.69. The molecule has 0 atom stereocenters. The van der Waals surface area contributed by atoms with Crippen molar-refractivity contribution in [2.75, 3.05) is 42.9 Å². The van der Waals surface area contributed by atoms with Crippen molar-refractivity contribution in [2.24, 2.45) is 10.2 Å². The molecule has 8 heteroatoms. The van der Waals surface area contributed by atoms with E-state index in [-0.39, 0.29) is 5.91 Å². The molecule has 0 saturated heterocycles. The van der Waals surface area contributed by atoms with Crippen LogP contribution in [0.15, 0.2) is 46.6 Å². The molecule has 6 nitrogen and oxygen atoms in total. The summed E-state index contributed by atoms with van der Waals surface area (Å²) in [5.41, 5.74) is 2.74. The van der Waals surface area contributed by atoms with Gasteiger partial charge in [-0.2, -0.15) is 5.11 Å². The van der Waals surface area contributed by atoms with Gasteiger partial charge in [0, 0.05) is 24.5 Å². The first-order valence-electron chi connectivity index (χ1n) is 10.2. The number of nitrogens with one attached hydrogen (secondary N) is 1. The Bertz CT molecular complexity index is 839. The second-order valence-corrected chi connectivity index (χ2v) is 7.50. The van der Waals surface area contributed by atoms with Crippen molar-refractivity contribution in [3.05, 3.63) is 46.4 Å². The van der Waals surface area contributed by atoms with Gasteiger partial charge in [-0.25, -0.2) is 0 Å². The number of benzene rings is 2. The molecule has 0 aliphatic heterocycles. The number of azo groups is 1. The fraction of sp³-hybridized carbons (Fsp3) is 0.409. The molecule has 0 spiro atoms. The summed E-state index contributed by atoms with van der Waals surface area (Å²) in [7, 11) is 0. The molecule has 0 unspecified atom stereocenters. The lowest BCUT2D eigenvalue weighted by Crippen LogP contribution is -2.32. The largest absolute Gasteiger partial charge is 0.372 e. The van der Waals surface area contributed by atoms with Gasteiger partial charge in [0.1, 0.15) is 5.69 Å². The third-order valence-corrected chi connectivity index (χ3v) is 5.38. The molecular weight excluding hydrogens is 421 g/mol. The van der Waals surface area contributed by atoms with E-state index in [0.717, 1.165) is 31.9 Å². The maximum Gasteiger partial charge on any atom is 0.238 e. The Morgan fingerprint density at radius 2 is 1.47 bits per heavy atom. The first-order valence-corrected chi connectivity index (χ1v) is 10.9. The van der Waals surface area contributed by atoms with Crippen LogP contribution in [0, 0.1) is 0 Å². The highest BCUT2D eigenvalue weighted by Gasteiger charge is 2.12. The molecule has 0 heterocycles. The summed E-state index contributed by atoms with van der Waals surface area (Å²) in [5.74, 6) is -0.117. The van der Waals surface area contributed by atoms with Crippen LogP contribution in [-0.4, -0.2) is 43.5 Å². The normalized spacial score (nSPS) is 11.3. The fourth-order valence-corrected chi connectivity index (χ4v) is 3.57. The molecule has 0 aliphatic rings. The van der Waals surface area contributed by atoms with Gasteiger partial charge in [-0.15, -0.1) is 5.11 Å². The minimum atomic E-state index is -0.117. The molecular formula is C22H29Cl2N5O. The zero-order chi connectivity index (χ0) is 22.1. The van der Waals surface area contributed by atoms with Crippen molar-refractivity contribution in [2.45, 2.75) is 27.7 Å². The lowest BCUT2D eigenvalue weighted by atomic mass is 10.2. The number of nitrogens with zero attached hydrogens (tertiary/aromatic N) is 4. The van der Waals surface area contributed by atoms with E-state index in [1.54, 1.807) is 12.1 Å². The summed E-state index contributed by atoms with van der Waals surface area (Å²) >= 11 is 12.7. The van der Waals surface area contributed by atoms with Crippen LogP contribution in [-0.2, 0) is 4.79 Å². The molecule has 0 bridgehead atoms. The number of amides is 1. The van der Waals surface area contributed by atoms with E-state index >= 15 is 0 Å². The van der Waals surface area contributed by atoms with E-state index < -0.39 is 0 Å².